The van der Waals surface area contributed by atoms with Crippen LogP contribution in [0.5, 0.6) is 0 Å². The van der Waals surface area contributed by atoms with E-state index in [4.69, 9.17) is 15.7 Å². The molecular formula is C34H46N10O17. The fourth-order valence-electron chi connectivity index (χ4n) is 5.09. The molecule has 1 aromatic carbocycles. The van der Waals surface area contributed by atoms with E-state index in [1.54, 1.807) is 0 Å². The first-order valence-corrected chi connectivity index (χ1v) is 18.2. The van der Waals surface area contributed by atoms with Crippen LogP contribution >= 0.6 is 0 Å². The molecule has 0 saturated carbocycles. The molecule has 1 rings (SSSR count). The first-order chi connectivity index (χ1) is 28.7. The molecule has 334 valence electrons. The van der Waals surface area contributed by atoms with E-state index >= 15 is 0 Å². The molecule has 0 unspecified atom stereocenters. The summed E-state index contributed by atoms with van der Waals surface area (Å²) < 4.78 is 0. The number of benzene rings is 1. The van der Waals surface area contributed by atoms with Gasteiger partial charge in [-0.05, 0) is 75.1 Å². The lowest BCUT2D eigenvalue weighted by Crippen LogP contribution is -2.51. The largest absolute Gasteiger partial charge is 0.481 e. The zero-order valence-electron chi connectivity index (χ0n) is 32.2. The summed E-state index contributed by atoms with van der Waals surface area (Å²) >= 11 is 0. The molecule has 1 aromatic rings. The molecule has 27 nitrogen and oxygen atoms in total. The maximum Gasteiger partial charge on any atom is 0.326 e. The molecule has 0 saturated heterocycles. The van der Waals surface area contributed by atoms with Gasteiger partial charge in [0.15, 0.2) is 0 Å². The third-order valence-electron chi connectivity index (χ3n) is 8.14. The van der Waals surface area contributed by atoms with Crippen molar-refractivity contribution >= 4 is 71.3 Å². The fraction of sp³-hybridized carbons (Fsp3) is 0.500. The van der Waals surface area contributed by atoms with Gasteiger partial charge in [-0.25, -0.2) is 28.8 Å². The lowest BCUT2D eigenvalue weighted by Gasteiger charge is -2.18. The Morgan fingerprint density at radius 2 is 0.902 bits per heavy atom. The van der Waals surface area contributed by atoms with Crippen LogP contribution < -0.4 is 37.2 Å². The van der Waals surface area contributed by atoms with Crippen molar-refractivity contribution in [3.8, 4) is 0 Å². The van der Waals surface area contributed by atoms with Crippen molar-refractivity contribution in [2.24, 2.45) is 5.11 Å². The van der Waals surface area contributed by atoms with Crippen molar-refractivity contribution in [1.29, 1.82) is 0 Å². The van der Waals surface area contributed by atoms with Crippen LogP contribution in [-0.4, -0.2) is 140 Å². The molecule has 4 atom stereocenters. The van der Waals surface area contributed by atoms with E-state index < -0.39 is 122 Å². The van der Waals surface area contributed by atoms with Crippen molar-refractivity contribution in [1.82, 2.24) is 31.9 Å². The van der Waals surface area contributed by atoms with Crippen LogP contribution in [0.25, 0.3) is 10.4 Å². The number of carboxylic acid groups (broad SMARTS) is 6. The Hall–Kier alpha value is -7.70. The molecule has 0 heterocycles. The minimum absolute atomic E-state index is 0.0403. The van der Waals surface area contributed by atoms with Gasteiger partial charge in [0.25, 0.3) is 11.8 Å². The Bertz CT molecular complexity index is 1740. The molecule has 0 radical (unpaired) electrons. The first-order valence-electron chi connectivity index (χ1n) is 18.2. The van der Waals surface area contributed by atoms with Gasteiger partial charge in [0.2, 0.25) is 5.91 Å². The SMILES string of the molecule is [N-]=[N+]=NCC(=O)Nc1cc(C(=O)NCCCC[C@H](NC(=O)N[C@@H](CCC(=O)O)C(=O)O)C(=O)O)cc(C(=O)NCCCC[C@H](NC(=O)N[C@@H](CCC(=O)O)C(=O)O)C(=O)O)c1. The topological polar surface area (TPSA) is 442 Å². The predicted molar refractivity (Wildman–Crippen MR) is 204 cm³/mol. The maximum atomic E-state index is 13.1. The third kappa shape index (κ3) is 21.6. The number of carboxylic acids is 6. The minimum atomic E-state index is -1.59. The number of hydrogen-bond acceptors (Lipinski definition) is 12. The minimum Gasteiger partial charge on any atom is -0.481 e. The average molecular weight is 867 g/mol. The van der Waals surface area contributed by atoms with Gasteiger partial charge in [-0.2, -0.15) is 0 Å². The van der Waals surface area contributed by atoms with Crippen LogP contribution in [0.2, 0.25) is 0 Å². The Kier molecular flexibility index (Phi) is 22.8. The van der Waals surface area contributed by atoms with Gasteiger partial charge in [-0.15, -0.1) is 0 Å². The molecule has 0 aliphatic carbocycles. The molecule has 7 amide bonds. The highest BCUT2D eigenvalue weighted by Gasteiger charge is 2.26. The van der Waals surface area contributed by atoms with Gasteiger partial charge in [0, 0.05) is 47.7 Å². The quantitative estimate of drug-likeness (QED) is 0.0216. The molecule has 61 heavy (non-hydrogen) atoms. The van der Waals surface area contributed by atoms with Crippen molar-refractivity contribution in [3.05, 3.63) is 39.8 Å². The van der Waals surface area contributed by atoms with E-state index in [0.717, 1.165) is 0 Å². The van der Waals surface area contributed by atoms with Gasteiger partial charge in [-0.3, -0.25) is 24.0 Å². The van der Waals surface area contributed by atoms with E-state index in [9.17, 15) is 73.2 Å². The highest BCUT2D eigenvalue weighted by molar-refractivity contribution is 6.03. The van der Waals surface area contributed by atoms with Crippen molar-refractivity contribution < 1.29 is 83.4 Å². The standard InChI is InChI=1S/C34H46N10O17/c35-44-38-16-24(45)39-19-14-17(27(50)36-11-3-1-5-20(29(52)53)40-33(60)42-22(31(56)57)7-9-25(46)47)13-18(15-19)28(51)37-12-4-2-6-21(30(54)55)41-34(61)43-23(32(58)59)8-10-26(48)49/h13-15,20-23H,1-12,16H2,(H,36,50)(H,37,51)(H,39,45)(H,46,47)(H,48,49)(H,52,53)(H,54,55)(H,56,57)(H,58,59)(H2,40,42,60)(H2,41,43,61)/t20-,21-,22-,23-/m0/s1. The van der Waals surface area contributed by atoms with E-state index in [0.29, 0.717) is 0 Å². The van der Waals surface area contributed by atoms with Gasteiger partial charge in [-0.1, -0.05) is 5.11 Å². The number of urea groups is 2. The summed E-state index contributed by atoms with van der Waals surface area (Å²) in [7, 11) is 0. The van der Waals surface area contributed by atoms with Crippen LogP contribution in [0, 0.1) is 0 Å². The number of anilines is 1. The molecule has 0 fully saturated rings. The monoisotopic (exact) mass is 866 g/mol. The molecule has 0 spiro atoms. The smallest absolute Gasteiger partial charge is 0.326 e. The summed E-state index contributed by atoms with van der Waals surface area (Å²) in [5, 5.41) is 73.8. The molecule has 0 bridgehead atoms. The summed E-state index contributed by atoms with van der Waals surface area (Å²) in [5.74, 6) is -10.8. The second kappa shape index (κ2) is 27.1. The third-order valence-corrected chi connectivity index (χ3v) is 8.14. The average Bonchev–Trinajstić information content (AvgIpc) is 3.18. The summed E-state index contributed by atoms with van der Waals surface area (Å²) in [4.78, 5) is 133. The van der Waals surface area contributed by atoms with Crippen molar-refractivity contribution in [3.63, 3.8) is 0 Å². The molecular weight excluding hydrogens is 820 g/mol. The number of aliphatic carboxylic acids is 6. The van der Waals surface area contributed by atoms with E-state index in [-0.39, 0.29) is 68.4 Å². The van der Waals surface area contributed by atoms with E-state index in [2.05, 4.69) is 36.6 Å². The van der Waals surface area contributed by atoms with E-state index in [1.165, 1.54) is 18.2 Å². The number of unbranched alkanes of at least 4 members (excludes halogenated alkanes) is 2. The van der Waals surface area contributed by atoms with Gasteiger partial charge in [0.05, 0.1) is 0 Å². The Morgan fingerprint density at radius 3 is 1.23 bits per heavy atom. The van der Waals surface area contributed by atoms with E-state index in [1.807, 2.05) is 10.6 Å². The second-order valence-electron chi connectivity index (χ2n) is 12.9. The van der Waals surface area contributed by atoms with Crippen LogP contribution in [0.3, 0.4) is 0 Å². The van der Waals surface area contributed by atoms with Gasteiger partial charge >= 0.3 is 47.9 Å². The number of nitrogens with zero attached hydrogens (tertiary/aromatic N) is 3. The number of azide groups is 1. The van der Waals surface area contributed by atoms with Crippen LogP contribution in [0.15, 0.2) is 23.3 Å². The lowest BCUT2D eigenvalue weighted by atomic mass is 10.1. The predicted octanol–water partition coefficient (Wildman–Crippen LogP) is -0.124. The zero-order valence-corrected chi connectivity index (χ0v) is 32.2. The number of hydrogen-bond donors (Lipinski definition) is 13. The van der Waals surface area contributed by atoms with Crippen molar-refractivity contribution in [2.75, 3.05) is 25.0 Å². The molecule has 0 aromatic heterocycles. The molecule has 13 N–H and O–H groups in total. The fourth-order valence-corrected chi connectivity index (χ4v) is 5.09. The number of carbonyl (C=O) groups excluding carboxylic acids is 5. The summed E-state index contributed by atoms with van der Waals surface area (Å²) in [6.45, 7) is -0.700. The number of carbonyl (C=O) groups is 11. The Morgan fingerprint density at radius 1 is 0.541 bits per heavy atom. The van der Waals surface area contributed by atoms with Gasteiger partial charge in [0.1, 0.15) is 30.7 Å². The highest BCUT2D eigenvalue weighted by atomic mass is 16.4. The maximum absolute atomic E-state index is 13.1. The Balaban J connectivity index is 2.85. The second-order valence-corrected chi connectivity index (χ2v) is 12.9. The summed E-state index contributed by atoms with van der Waals surface area (Å²) in [6.07, 6.45) is -1.76. The number of amides is 7. The Labute approximate surface area is 344 Å². The molecule has 0 aliphatic rings. The number of nitrogens with one attached hydrogen (secondary N) is 7. The number of rotatable bonds is 29. The summed E-state index contributed by atoms with van der Waals surface area (Å²) in [5.41, 5.74) is 8.23. The first kappa shape index (κ1) is 51.3. The molecule has 0 aliphatic heterocycles. The lowest BCUT2D eigenvalue weighted by molar-refractivity contribution is -0.142. The normalized spacial score (nSPS) is 12.3. The van der Waals surface area contributed by atoms with Crippen molar-refractivity contribution in [2.45, 2.75) is 88.4 Å². The zero-order chi connectivity index (χ0) is 46.1. The van der Waals surface area contributed by atoms with Crippen LogP contribution in [0.1, 0.15) is 84.9 Å². The van der Waals surface area contributed by atoms with Crippen LogP contribution in [0.4, 0.5) is 15.3 Å². The highest BCUT2D eigenvalue weighted by Crippen LogP contribution is 2.16. The molecule has 27 heteroatoms. The van der Waals surface area contributed by atoms with Gasteiger partial charge < -0.3 is 67.9 Å². The van der Waals surface area contributed by atoms with Crippen LogP contribution in [-0.2, 0) is 33.6 Å². The summed E-state index contributed by atoms with van der Waals surface area (Å²) in [6, 6.07) is -4.84.